The van der Waals surface area contributed by atoms with E-state index < -0.39 is 0 Å². The number of aromatic nitrogens is 2. The van der Waals surface area contributed by atoms with Crippen LogP contribution in [0.3, 0.4) is 0 Å². The monoisotopic (exact) mass is 309 g/mol. The highest BCUT2D eigenvalue weighted by Gasteiger charge is 2.14. The predicted molar refractivity (Wildman–Crippen MR) is 73.3 cm³/mol. The summed E-state index contributed by atoms with van der Waals surface area (Å²) in [6.45, 7) is 2.08. The van der Waals surface area contributed by atoms with Gasteiger partial charge in [-0.15, -0.1) is 10.2 Å². The minimum absolute atomic E-state index is 0.135. The van der Waals surface area contributed by atoms with Crippen LogP contribution in [0.1, 0.15) is 36.7 Å². The van der Waals surface area contributed by atoms with Gasteiger partial charge < -0.3 is 9.73 Å². The summed E-state index contributed by atoms with van der Waals surface area (Å²) in [5, 5.41) is 11.3. The van der Waals surface area contributed by atoms with E-state index in [0.717, 1.165) is 16.5 Å². The van der Waals surface area contributed by atoms with E-state index in [1.165, 1.54) is 0 Å². The first-order valence-electron chi connectivity index (χ1n) is 5.97. The van der Waals surface area contributed by atoms with Crippen molar-refractivity contribution in [3.05, 3.63) is 46.1 Å². The van der Waals surface area contributed by atoms with Crippen LogP contribution in [0.4, 0.5) is 0 Å². The topological polar surface area (TPSA) is 51.0 Å². The van der Waals surface area contributed by atoms with Gasteiger partial charge in [-0.3, -0.25) is 0 Å². The van der Waals surface area contributed by atoms with Gasteiger partial charge in [-0.25, -0.2) is 0 Å². The molecule has 5 heteroatoms. The second kappa shape index (κ2) is 6.11. The molecule has 0 aliphatic carbocycles. The molecule has 0 aliphatic heterocycles. The van der Waals surface area contributed by atoms with Gasteiger partial charge in [0.1, 0.15) is 0 Å². The molecular formula is C13H16BrN3O. The fraction of sp³-hybridized carbons (Fsp3) is 0.385. The van der Waals surface area contributed by atoms with Crippen molar-refractivity contribution in [1.29, 1.82) is 0 Å². The lowest BCUT2D eigenvalue weighted by Crippen LogP contribution is -2.15. The van der Waals surface area contributed by atoms with Gasteiger partial charge in [0.05, 0.1) is 12.5 Å². The molecule has 2 aromatic rings. The number of hydrogen-bond acceptors (Lipinski definition) is 4. The molecule has 0 radical (unpaired) electrons. The Morgan fingerprint density at radius 3 is 2.61 bits per heavy atom. The number of nitrogens with zero attached hydrogens (tertiary/aromatic N) is 2. The van der Waals surface area contributed by atoms with E-state index in [2.05, 4.69) is 38.4 Å². The Balaban J connectivity index is 2.08. The van der Waals surface area contributed by atoms with E-state index in [-0.39, 0.29) is 6.04 Å². The van der Waals surface area contributed by atoms with Crippen molar-refractivity contribution < 1.29 is 4.42 Å². The van der Waals surface area contributed by atoms with Gasteiger partial charge in [-0.1, -0.05) is 35.0 Å². The molecule has 0 aliphatic rings. The Labute approximate surface area is 115 Å². The molecule has 0 saturated carbocycles. The Kier molecular flexibility index (Phi) is 4.49. The van der Waals surface area contributed by atoms with Gasteiger partial charge in [0.15, 0.2) is 0 Å². The fourth-order valence-corrected chi connectivity index (χ4v) is 2.02. The Morgan fingerprint density at radius 2 is 2.00 bits per heavy atom. The highest BCUT2D eigenvalue weighted by atomic mass is 79.9. The van der Waals surface area contributed by atoms with Gasteiger partial charge in [-0.2, -0.15) is 0 Å². The van der Waals surface area contributed by atoms with E-state index in [9.17, 15) is 0 Å². The first-order chi connectivity index (χ1) is 8.72. The van der Waals surface area contributed by atoms with Gasteiger partial charge in [0.2, 0.25) is 11.8 Å². The zero-order valence-corrected chi connectivity index (χ0v) is 12.1. The smallest absolute Gasteiger partial charge is 0.233 e. The first kappa shape index (κ1) is 13.2. The molecule has 0 fully saturated rings. The van der Waals surface area contributed by atoms with Crippen LogP contribution in [-0.4, -0.2) is 17.2 Å². The summed E-state index contributed by atoms with van der Waals surface area (Å²) in [7, 11) is 1.90. The van der Waals surface area contributed by atoms with Gasteiger partial charge >= 0.3 is 0 Å². The van der Waals surface area contributed by atoms with Crippen molar-refractivity contribution in [2.24, 2.45) is 0 Å². The van der Waals surface area contributed by atoms with E-state index in [1.54, 1.807) is 0 Å². The van der Waals surface area contributed by atoms with Crippen LogP contribution in [0.2, 0.25) is 0 Å². The van der Waals surface area contributed by atoms with Crippen LogP contribution >= 0.6 is 15.9 Å². The SMILES string of the molecule is CCC(NC)c1nnc(Cc2ccc(Br)cc2)o1. The highest BCUT2D eigenvalue weighted by Crippen LogP contribution is 2.17. The molecule has 4 nitrogen and oxygen atoms in total. The molecule has 96 valence electrons. The van der Waals surface area contributed by atoms with Crippen molar-refractivity contribution >= 4 is 15.9 Å². The first-order valence-corrected chi connectivity index (χ1v) is 6.76. The summed E-state index contributed by atoms with van der Waals surface area (Å²) in [4.78, 5) is 0. The van der Waals surface area contributed by atoms with Crippen LogP contribution < -0.4 is 5.32 Å². The predicted octanol–water partition coefficient (Wildman–Crippen LogP) is 3.09. The second-order valence-corrected chi connectivity index (χ2v) is 5.00. The lowest BCUT2D eigenvalue weighted by molar-refractivity contribution is 0.390. The molecule has 0 amide bonds. The third-order valence-corrected chi connectivity index (χ3v) is 3.33. The van der Waals surface area contributed by atoms with Crippen molar-refractivity contribution in [2.45, 2.75) is 25.8 Å². The number of nitrogens with one attached hydrogen (secondary N) is 1. The summed E-state index contributed by atoms with van der Waals surface area (Å²) in [6.07, 6.45) is 1.59. The Bertz CT molecular complexity index is 491. The molecule has 2 rings (SSSR count). The van der Waals surface area contributed by atoms with Crippen LogP contribution in [0.25, 0.3) is 0 Å². The molecule has 1 N–H and O–H groups in total. The third-order valence-electron chi connectivity index (χ3n) is 2.81. The molecule has 0 bridgehead atoms. The Morgan fingerprint density at radius 1 is 1.28 bits per heavy atom. The van der Waals surface area contributed by atoms with E-state index in [4.69, 9.17) is 4.42 Å². The molecule has 1 heterocycles. The van der Waals surface area contributed by atoms with E-state index in [0.29, 0.717) is 18.2 Å². The summed E-state index contributed by atoms with van der Waals surface area (Å²) in [5.74, 6) is 1.31. The van der Waals surface area contributed by atoms with Crippen LogP contribution in [-0.2, 0) is 6.42 Å². The third kappa shape index (κ3) is 3.17. The maximum atomic E-state index is 5.67. The summed E-state index contributed by atoms with van der Waals surface area (Å²) in [6, 6.07) is 8.24. The summed E-state index contributed by atoms with van der Waals surface area (Å²) < 4.78 is 6.73. The summed E-state index contributed by atoms with van der Waals surface area (Å²) in [5.41, 5.74) is 1.16. The van der Waals surface area contributed by atoms with E-state index >= 15 is 0 Å². The van der Waals surface area contributed by atoms with Gasteiger partial charge in [0, 0.05) is 4.47 Å². The Hall–Kier alpha value is -1.20. The molecular weight excluding hydrogens is 294 g/mol. The molecule has 1 atom stereocenters. The number of hydrogen-bond donors (Lipinski definition) is 1. The lowest BCUT2D eigenvalue weighted by atomic mass is 10.1. The maximum absolute atomic E-state index is 5.67. The molecule has 1 unspecified atom stereocenters. The normalized spacial score (nSPS) is 12.6. The summed E-state index contributed by atoms with van der Waals surface area (Å²) >= 11 is 3.41. The van der Waals surface area contributed by atoms with Crippen molar-refractivity contribution in [3.8, 4) is 0 Å². The second-order valence-electron chi connectivity index (χ2n) is 4.09. The van der Waals surface area contributed by atoms with Crippen molar-refractivity contribution in [1.82, 2.24) is 15.5 Å². The maximum Gasteiger partial charge on any atom is 0.233 e. The lowest BCUT2D eigenvalue weighted by Gasteiger charge is -2.07. The average molecular weight is 310 g/mol. The zero-order valence-electron chi connectivity index (χ0n) is 10.5. The molecule has 1 aromatic heterocycles. The zero-order chi connectivity index (χ0) is 13.0. The van der Waals surface area contributed by atoms with Crippen molar-refractivity contribution in [2.75, 3.05) is 7.05 Å². The van der Waals surface area contributed by atoms with Crippen LogP contribution in [0.5, 0.6) is 0 Å². The minimum Gasteiger partial charge on any atom is -0.423 e. The number of halogens is 1. The van der Waals surface area contributed by atoms with Crippen LogP contribution in [0, 0.1) is 0 Å². The molecule has 18 heavy (non-hydrogen) atoms. The molecule has 1 aromatic carbocycles. The minimum atomic E-state index is 0.135. The van der Waals surface area contributed by atoms with Gasteiger partial charge in [0.25, 0.3) is 0 Å². The fourth-order valence-electron chi connectivity index (χ4n) is 1.76. The number of rotatable bonds is 5. The number of benzene rings is 1. The van der Waals surface area contributed by atoms with Crippen LogP contribution in [0.15, 0.2) is 33.2 Å². The standard InChI is InChI=1S/C13H16BrN3O/c1-3-11(15-2)13-17-16-12(18-13)8-9-4-6-10(14)7-5-9/h4-7,11,15H,3,8H2,1-2H3. The largest absolute Gasteiger partial charge is 0.423 e. The van der Waals surface area contributed by atoms with Crippen molar-refractivity contribution in [3.63, 3.8) is 0 Å². The average Bonchev–Trinajstić information content (AvgIpc) is 2.82. The quantitative estimate of drug-likeness (QED) is 0.922. The molecule has 0 spiro atoms. The highest BCUT2D eigenvalue weighted by molar-refractivity contribution is 9.10. The molecule has 0 saturated heterocycles. The van der Waals surface area contributed by atoms with Gasteiger partial charge in [-0.05, 0) is 31.2 Å². The van der Waals surface area contributed by atoms with E-state index in [1.807, 2.05) is 31.3 Å².